The average Bonchev–Trinajstić information content (AvgIpc) is 2.19. The molecule has 1 saturated heterocycles. The lowest BCUT2D eigenvalue weighted by Crippen LogP contribution is -2.41. The van der Waals surface area contributed by atoms with E-state index in [1.54, 1.807) is 6.92 Å². The van der Waals surface area contributed by atoms with Crippen molar-refractivity contribution in [2.45, 2.75) is 65.3 Å². The Kier molecular flexibility index (Phi) is 6.04. The van der Waals surface area contributed by atoms with Crippen LogP contribution in [0, 0.1) is 5.92 Å². The summed E-state index contributed by atoms with van der Waals surface area (Å²) < 4.78 is 0. The second-order valence-electron chi connectivity index (χ2n) is 5.63. The highest BCUT2D eigenvalue weighted by molar-refractivity contribution is 5.76. The number of hydrogen-bond donors (Lipinski definition) is 0. The fourth-order valence-electron chi connectivity index (χ4n) is 2.62. The van der Waals surface area contributed by atoms with Crippen LogP contribution in [0.2, 0.25) is 0 Å². The molecule has 1 atom stereocenters. The molecule has 2 nitrogen and oxygen atoms in total. The van der Waals surface area contributed by atoms with Crippen molar-refractivity contribution in [1.82, 2.24) is 4.90 Å². The smallest absolute Gasteiger partial charge is 0.131 e. The number of carbonyl (C=O) groups is 1. The summed E-state index contributed by atoms with van der Waals surface area (Å²) in [5, 5.41) is 0. The first-order valence-electron chi connectivity index (χ1n) is 6.83. The highest BCUT2D eigenvalue weighted by Crippen LogP contribution is 2.20. The lowest BCUT2D eigenvalue weighted by Gasteiger charge is -2.35. The van der Waals surface area contributed by atoms with Gasteiger partial charge in [0.1, 0.15) is 5.78 Å². The quantitative estimate of drug-likeness (QED) is 0.691. The van der Waals surface area contributed by atoms with E-state index in [1.165, 1.54) is 45.2 Å². The summed E-state index contributed by atoms with van der Waals surface area (Å²) in [5.41, 5.74) is 0. The van der Waals surface area contributed by atoms with Crippen LogP contribution in [0.4, 0.5) is 0 Å². The Morgan fingerprint density at radius 3 is 2.75 bits per heavy atom. The van der Waals surface area contributed by atoms with E-state index in [2.05, 4.69) is 18.7 Å². The molecule has 1 unspecified atom stereocenters. The molecule has 0 N–H and O–H groups in total. The second kappa shape index (κ2) is 7.05. The van der Waals surface area contributed by atoms with Crippen molar-refractivity contribution in [3.63, 3.8) is 0 Å². The zero-order chi connectivity index (χ0) is 12.0. The minimum atomic E-state index is 0.348. The van der Waals surface area contributed by atoms with Crippen molar-refractivity contribution in [1.29, 1.82) is 0 Å². The lowest BCUT2D eigenvalue weighted by atomic mass is 9.97. The molecule has 0 radical (unpaired) electrons. The van der Waals surface area contributed by atoms with Gasteiger partial charge < -0.3 is 0 Å². The summed E-state index contributed by atoms with van der Waals surface area (Å²) in [6.07, 6.45) is 7.20. The first kappa shape index (κ1) is 13.7. The minimum Gasteiger partial charge on any atom is -0.300 e. The van der Waals surface area contributed by atoms with E-state index < -0.39 is 0 Å². The van der Waals surface area contributed by atoms with E-state index in [1.807, 2.05) is 0 Å². The van der Waals surface area contributed by atoms with Crippen LogP contribution < -0.4 is 0 Å². The van der Waals surface area contributed by atoms with Crippen LogP contribution in [0.1, 0.15) is 59.3 Å². The van der Waals surface area contributed by atoms with Crippen molar-refractivity contribution >= 4 is 5.78 Å². The summed E-state index contributed by atoms with van der Waals surface area (Å²) >= 11 is 0. The highest BCUT2D eigenvalue weighted by atomic mass is 16.1. The third kappa shape index (κ3) is 5.11. The monoisotopic (exact) mass is 225 g/mol. The first-order chi connectivity index (χ1) is 7.59. The van der Waals surface area contributed by atoms with Gasteiger partial charge in [-0.2, -0.15) is 0 Å². The normalized spacial score (nSPS) is 22.6. The number of carbonyl (C=O) groups excluding carboxylic acids is 1. The molecule has 1 aliphatic heterocycles. The van der Waals surface area contributed by atoms with E-state index in [4.69, 9.17) is 0 Å². The van der Waals surface area contributed by atoms with Gasteiger partial charge in [-0.05, 0) is 51.6 Å². The van der Waals surface area contributed by atoms with E-state index in [9.17, 15) is 4.79 Å². The first-order valence-corrected chi connectivity index (χ1v) is 6.83. The molecule has 0 aromatic heterocycles. The average molecular weight is 225 g/mol. The Hall–Kier alpha value is -0.370. The Bertz CT molecular complexity index is 213. The molecule has 1 rings (SSSR count). The van der Waals surface area contributed by atoms with Crippen LogP contribution in [-0.2, 0) is 4.79 Å². The van der Waals surface area contributed by atoms with Gasteiger partial charge in [0.05, 0.1) is 0 Å². The van der Waals surface area contributed by atoms with Gasteiger partial charge >= 0.3 is 0 Å². The molecule has 0 bridgehead atoms. The number of hydrogen-bond acceptors (Lipinski definition) is 2. The minimum absolute atomic E-state index is 0.348. The van der Waals surface area contributed by atoms with Crippen molar-refractivity contribution in [3.05, 3.63) is 0 Å². The SMILES string of the molecule is CC(=O)CC1CCCCN1CCCC(C)C. The maximum absolute atomic E-state index is 11.2. The number of piperidine rings is 1. The molecule has 94 valence electrons. The van der Waals surface area contributed by atoms with Gasteiger partial charge in [0.25, 0.3) is 0 Å². The maximum Gasteiger partial charge on any atom is 0.131 e. The molecule has 0 amide bonds. The van der Waals surface area contributed by atoms with E-state index in [0.717, 1.165) is 12.3 Å². The summed E-state index contributed by atoms with van der Waals surface area (Å²) in [6.45, 7) is 8.68. The fraction of sp³-hybridized carbons (Fsp3) is 0.929. The van der Waals surface area contributed by atoms with Crippen LogP contribution in [0.25, 0.3) is 0 Å². The summed E-state index contributed by atoms with van der Waals surface area (Å²) in [5.74, 6) is 1.15. The molecule has 1 heterocycles. The third-order valence-electron chi connectivity index (χ3n) is 3.50. The molecular formula is C14H27NO. The zero-order valence-corrected chi connectivity index (χ0v) is 11.2. The van der Waals surface area contributed by atoms with Crippen molar-refractivity contribution < 1.29 is 4.79 Å². The van der Waals surface area contributed by atoms with Gasteiger partial charge in [-0.15, -0.1) is 0 Å². The Balaban J connectivity index is 2.31. The zero-order valence-electron chi connectivity index (χ0n) is 11.2. The van der Waals surface area contributed by atoms with Crippen molar-refractivity contribution in [2.24, 2.45) is 5.92 Å². The summed E-state index contributed by atoms with van der Waals surface area (Å²) in [6, 6.07) is 0.540. The Morgan fingerprint density at radius 2 is 2.12 bits per heavy atom. The molecular weight excluding hydrogens is 198 g/mol. The molecule has 0 aromatic carbocycles. The second-order valence-corrected chi connectivity index (χ2v) is 5.63. The predicted octanol–water partition coefficient (Wildman–Crippen LogP) is 3.26. The maximum atomic E-state index is 11.2. The van der Waals surface area contributed by atoms with Crippen molar-refractivity contribution in [2.75, 3.05) is 13.1 Å². The highest BCUT2D eigenvalue weighted by Gasteiger charge is 2.22. The van der Waals surface area contributed by atoms with Gasteiger partial charge in [-0.3, -0.25) is 9.69 Å². The molecule has 0 saturated carbocycles. The van der Waals surface area contributed by atoms with E-state index in [-0.39, 0.29) is 0 Å². The number of Topliss-reactive ketones (excluding diaryl/α,β-unsaturated/α-hetero) is 1. The molecule has 16 heavy (non-hydrogen) atoms. The van der Waals surface area contributed by atoms with E-state index in [0.29, 0.717) is 11.8 Å². The topological polar surface area (TPSA) is 20.3 Å². The van der Waals surface area contributed by atoms with Gasteiger partial charge in [-0.1, -0.05) is 20.3 Å². The van der Waals surface area contributed by atoms with E-state index >= 15 is 0 Å². The standard InChI is InChI=1S/C14H27NO/c1-12(2)7-6-10-15-9-5-4-8-14(15)11-13(3)16/h12,14H,4-11H2,1-3H3. The third-order valence-corrected chi connectivity index (χ3v) is 3.50. The molecule has 2 heteroatoms. The summed E-state index contributed by atoms with van der Waals surface area (Å²) in [7, 11) is 0. The van der Waals surface area contributed by atoms with Gasteiger partial charge in [-0.25, -0.2) is 0 Å². The van der Waals surface area contributed by atoms with Crippen LogP contribution in [0.15, 0.2) is 0 Å². The van der Waals surface area contributed by atoms with Crippen LogP contribution in [0.3, 0.4) is 0 Å². The van der Waals surface area contributed by atoms with Gasteiger partial charge in [0.2, 0.25) is 0 Å². The fourth-order valence-corrected chi connectivity index (χ4v) is 2.62. The molecule has 1 aliphatic rings. The lowest BCUT2D eigenvalue weighted by molar-refractivity contribution is -0.118. The van der Waals surface area contributed by atoms with Gasteiger partial charge in [0.15, 0.2) is 0 Å². The predicted molar refractivity (Wildman–Crippen MR) is 68.6 cm³/mol. The number of nitrogens with zero attached hydrogens (tertiary/aromatic N) is 1. The van der Waals surface area contributed by atoms with Gasteiger partial charge in [0, 0.05) is 12.5 Å². The molecule has 0 spiro atoms. The Morgan fingerprint density at radius 1 is 1.38 bits per heavy atom. The molecule has 1 fully saturated rings. The van der Waals surface area contributed by atoms with Crippen LogP contribution in [0.5, 0.6) is 0 Å². The number of rotatable bonds is 6. The number of likely N-dealkylation sites (tertiary alicyclic amines) is 1. The van der Waals surface area contributed by atoms with Crippen LogP contribution >= 0.6 is 0 Å². The Labute approximate surface area is 100 Å². The largest absolute Gasteiger partial charge is 0.300 e. The van der Waals surface area contributed by atoms with Crippen LogP contribution in [-0.4, -0.2) is 29.8 Å². The summed E-state index contributed by atoms with van der Waals surface area (Å²) in [4.78, 5) is 13.8. The van der Waals surface area contributed by atoms with Crippen molar-refractivity contribution in [3.8, 4) is 0 Å². The molecule has 0 aromatic rings. The molecule has 0 aliphatic carbocycles. The number of ketones is 1.